The van der Waals surface area contributed by atoms with Gasteiger partial charge in [-0.3, -0.25) is 0 Å². The van der Waals surface area contributed by atoms with E-state index in [0.717, 1.165) is 22.4 Å². The van der Waals surface area contributed by atoms with E-state index in [9.17, 15) is 0 Å². The van der Waals surface area contributed by atoms with Crippen LogP contribution in [0.5, 0.6) is 5.75 Å². The summed E-state index contributed by atoms with van der Waals surface area (Å²) in [7, 11) is 1.67. The van der Waals surface area contributed by atoms with Crippen molar-refractivity contribution in [2.24, 2.45) is 5.73 Å². The van der Waals surface area contributed by atoms with Crippen molar-refractivity contribution in [2.45, 2.75) is 6.54 Å². The van der Waals surface area contributed by atoms with Gasteiger partial charge in [0.1, 0.15) is 12.4 Å². The summed E-state index contributed by atoms with van der Waals surface area (Å²) in [6, 6.07) is 16.2. The van der Waals surface area contributed by atoms with E-state index in [1.165, 1.54) is 0 Å². The highest BCUT2D eigenvalue weighted by atomic mass is 16.5. The Kier molecular flexibility index (Phi) is 4.95. The fraction of sp³-hybridized carbons (Fsp3) is 0.250. The fourth-order valence-corrected chi connectivity index (χ4v) is 1.93. The molecule has 0 saturated carbocycles. The fourth-order valence-electron chi connectivity index (χ4n) is 1.93. The standard InChI is InChI=1S/C16H19NO2/c1-18-9-10-19-16-8-3-2-7-15(16)14-6-4-5-13(11-14)12-17/h2-8,11H,9-10,12,17H2,1H3. The number of hydrogen-bond acceptors (Lipinski definition) is 3. The molecule has 2 aromatic carbocycles. The second-order valence-electron chi connectivity index (χ2n) is 4.24. The molecule has 0 fully saturated rings. The van der Waals surface area contributed by atoms with Crippen LogP contribution in [0.1, 0.15) is 5.56 Å². The molecule has 0 aliphatic carbocycles. The van der Waals surface area contributed by atoms with Crippen LogP contribution in [0.4, 0.5) is 0 Å². The number of methoxy groups -OCH3 is 1. The van der Waals surface area contributed by atoms with Crippen LogP contribution >= 0.6 is 0 Å². The Hall–Kier alpha value is -1.84. The third-order valence-corrected chi connectivity index (χ3v) is 2.91. The first-order valence-corrected chi connectivity index (χ1v) is 6.35. The van der Waals surface area contributed by atoms with Gasteiger partial charge in [0.05, 0.1) is 6.61 Å². The maximum absolute atomic E-state index is 5.75. The smallest absolute Gasteiger partial charge is 0.127 e. The van der Waals surface area contributed by atoms with E-state index in [4.69, 9.17) is 15.2 Å². The molecule has 2 aromatic rings. The van der Waals surface area contributed by atoms with Crippen LogP contribution in [0, 0.1) is 0 Å². The maximum atomic E-state index is 5.75. The zero-order valence-electron chi connectivity index (χ0n) is 11.1. The van der Waals surface area contributed by atoms with Crippen LogP contribution in [0.2, 0.25) is 0 Å². The van der Waals surface area contributed by atoms with Gasteiger partial charge in [-0.15, -0.1) is 0 Å². The minimum absolute atomic E-state index is 0.542. The Morgan fingerprint density at radius 1 is 1.00 bits per heavy atom. The molecule has 100 valence electrons. The Bertz CT molecular complexity index is 526. The van der Waals surface area contributed by atoms with Gasteiger partial charge in [0.25, 0.3) is 0 Å². The monoisotopic (exact) mass is 257 g/mol. The van der Waals surface area contributed by atoms with Gasteiger partial charge in [-0.2, -0.15) is 0 Å². The van der Waals surface area contributed by atoms with E-state index >= 15 is 0 Å². The summed E-state index contributed by atoms with van der Waals surface area (Å²) in [5, 5.41) is 0. The number of para-hydroxylation sites is 1. The molecule has 3 heteroatoms. The molecule has 19 heavy (non-hydrogen) atoms. The van der Waals surface area contributed by atoms with Crippen LogP contribution < -0.4 is 10.5 Å². The quantitative estimate of drug-likeness (QED) is 0.809. The summed E-state index contributed by atoms with van der Waals surface area (Å²) < 4.78 is 10.8. The highest BCUT2D eigenvalue weighted by Gasteiger charge is 2.06. The van der Waals surface area contributed by atoms with Crippen molar-refractivity contribution >= 4 is 0 Å². The molecule has 0 aliphatic heterocycles. The lowest BCUT2D eigenvalue weighted by molar-refractivity contribution is 0.146. The third-order valence-electron chi connectivity index (χ3n) is 2.91. The molecule has 0 amide bonds. The Balaban J connectivity index is 2.27. The summed E-state index contributed by atoms with van der Waals surface area (Å²) in [4.78, 5) is 0. The first kappa shape index (κ1) is 13.6. The Morgan fingerprint density at radius 3 is 2.63 bits per heavy atom. The molecule has 0 radical (unpaired) electrons. The van der Waals surface area contributed by atoms with Crippen molar-refractivity contribution in [3.63, 3.8) is 0 Å². The van der Waals surface area contributed by atoms with Gasteiger partial charge in [-0.25, -0.2) is 0 Å². The van der Waals surface area contributed by atoms with Crippen LogP contribution in [0.25, 0.3) is 11.1 Å². The molecule has 0 unspecified atom stereocenters. The first-order chi connectivity index (χ1) is 9.35. The van der Waals surface area contributed by atoms with E-state index in [0.29, 0.717) is 19.8 Å². The van der Waals surface area contributed by atoms with Crippen LogP contribution in [-0.2, 0) is 11.3 Å². The third kappa shape index (κ3) is 3.56. The lowest BCUT2D eigenvalue weighted by Crippen LogP contribution is -2.05. The molecule has 0 saturated heterocycles. The molecule has 0 heterocycles. The predicted octanol–water partition coefficient (Wildman–Crippen LogP) is 2.84. The van der Waals surface area contributed by atoms with Gasteiger partial charge in [0.15, 0.2) is 0 Å². The summed E-state index contributed by atoms with van der Waals surface area (Å²) in [5.74, 6) is 0.869. The molecule has 2 N–H and O–H groups in total. The van der Waals surface area contributed by atoms with E-state index in [1.54, 1.807) is 7.11 Å². The normalized spacial score (nSPS) is 10.4. The summed E-state index contributed by atoms with van der Waals surface area (Å²) in [6.07, 6.45) is 0. The number of ether oxygens (including phenoxy) is 2. The van der Waals surface area contributed by atoms with Crippen LogP contribution in [-0.4, -0.2) is 20.3 Å². The Morgan fingerprint density at radius 2 is 1.84 bits per heavy atom. The van der Waals surface area contributed by atoms with Gasteiger partial charge >= 0.3 is 0 Å². The molecule has 0 aromatic heterocycles. The largest absolute Gasteiger partial charge is 0.491 e. The summed E-state index contributed by atoms with van der Waals surface area (Å²) >= 11 is 0. The van der Waals surface area contributed by atoms with Gasteiger partial charge in [0, 0.05) is 19.2 Å². The van der Waals surface area contributed by atoms with Crippen molar-refractivity contribution in [1.82, 2.24) is 0 Å². The van der Waals surface area contributed by atoms with Crippen molar-refractivity contribution in [3.05, 3.63) is 54.1 Å². The molecular formula is C16H19NO2. The summed E-state index contributed by atoms with van der Waals surface area (Å²) in [6.45, 7) is 1.67. The SMILES string of the molecule is COCCOc1ccccc1-c1cccc(CN)c1. The summed E-state index contributed by atoms with van der Waals surface area (Å²) in [5.41, 5.74) is 9.00. The van der Waals surface area contributed by atoms with Gasteiger partial charge in [-0.05, 0) is 23.3 Å². The average Bonchev–Trinajstić information content (AvgIpc) is 2.48. The molecule has 0 atom stereocenters. The number of hydrogen-bond donors (Lipinski definition) is 1. The topological polar surface area (TPSA) is 44.5 Å². The van der Waals surface area contributed by atoms with Crippen molar-refractivity contribution < 1.29 is 9.47 Å². The number of nitrogens with two attached hydrogens (primary N) is 1. The zero-order chi connectivity index (χ0) is 13.5. The van der Waals surface area contributed by atoms with Crippen LogP contribution in [0.15, 0.2) is 48.5 Å². The van der Waals surface area contributed by atoms with Crippen molar-refractivity contribution in [2.75, 3.05) is 20.3 Å². The van der Waals surface area contributed by atoms with Crippen LogP contribution in [0.3, 0.4) is 0 Å². The predicted molar refractivity (Wildman–Crippen MR) is 77.1 cm³/mol. The minimum atomic E-state index is 0.542. The highest BCUT2D eigenvalue weighted by molar-refractivity contribution is 5.70. The Labute approximate surface area is 114 Å². The molecule has 0 bridgehead atoms. The van der Waals surface area contributed by atoms with E-state index in [2.05, 4.69) is 18.2 Å². The molecular weight excluding hydrogens is 238 g/mol. The van der Waals surface area contributed by atoms with Crippen molar-refractivity contribution in [1.29, 1.82) is 0 Å². The lowest BCUT2D eigenvalue weighted by Gasteiger charge is -2.12. The average molecular weight is 257 g/mol. The van der Waals surface area contributed by atoms with E-state index in [-0.39, 0.29) is 0 Å². The second kappa shape index (κ2) is 6.92. The first-order valence-electron chi connectivity index (χ1n) is 6.35. The van der Waals surface area contributed by atoms with E-state index in [1.807, 2.05) is 30.3 Å². The lowest BCUT2D eigenvalue weighted by atomic mass is 10.0. The number of rotatable bonds is 6. The molecule has 2 rings (SSSR count). The van der Waals surface area contributed by atoms with Gasteiger partial charge in [0.2, 0.25) is 0 Å². The number of benzene rings is 2. The minimum Gasteiger partial charge on any atom is -0.491 e. The van der Waals surface area contributed by atoms with Gasteiger partial charge < -0.3 is 15.2 Å². The molecule has 0 spiro atoms. The van der Waals surface area contributed by atoms with E-state index < -0.39 is 0 Å². The second-order valence-corrected chi connectivity index (χ2v) is 4.24. The molecule has 0 aliphatic rings. The zero-order valence-corrected chi connectivity index (χ0v) is 11.1. The maximum Gasteiger partial charge on any atom is 0.127 e. The highest BCUT2D eigenvalue weighted by Crippen LogP contribution is 2.30. The van der Waals surface area contributed by atoms with Gasteiger partial charge in [-0.1, -0.05) is 36.4 Å². The van der Waals surface area contributed by atoms with Crippen molar-refractivity contribution in [3.8, 4) is 16.9 Å². The molecule has 3 nitrogen and oxygen atoms in total.